The van der Waals surface area contributed by atoms with Crippen molar-refractivity contribution >= 4 is 22.6 Å². The third-order valence-corrected chi connectivity index (χ3v) is 3.62. The molecule has 1 unspecified atom stereocenters. The summed E-state index contributed by atoms with van der Waals surface area (Å²) in [7, 11) is 0. The molecule has 3 aromatic rings. The van der Waals surface area contributed by atoms with E-state index in [1.165, 1.54) is 25.4 Å². The third-order valence-electron chi connectivity index (χ3n) is 3.42. The van der Waals surface area contributed by atoms with Gasteiger partial charge in [-0.25, -0.2) is 13.8 Å². The molecule has 2 heterocycles. The molecule has 3 nitrogen and oxygen atoms in total. The second kappa shape index (κ2) is 5.09. The lowest BCUT2D eigenvalue weighted by molar-refractivity contribution is 0.210. The molecule has 0 fully saturated rings. The van der Waals surface area contributed by atoms with Crippen molar-refractivity contribution in [3.8, 4) is 0 Å². The molecule has 2 N–H and O–H groups in total. The zero-order valence-electron chi connectivity index (χ0n) is 11.0. The highest BCUT2D eigenvalue weighted by molar-refractivity contribution is 6.31. The van der Waals surface area contributed by atoms with Crippen molar-refractivity contribution in [1.29, 1.82) is 0 Å². The smallest absolute Gasteiger partial charge is 0.137 e. The van der Waals surface area contributed by atoms with Crippen LogP contribution >= 0.6 is 11.6 Å². The van der Waals surface area contributed by atoms with Gasteiger partial charge in [-0.1, -0.05) is 17.7 Å². The van der Waals surface area contributed by atoms with Crippen molar-refractivity contribution in [2.24, 2.45) is 0 Å². The number of pyridine rings is 1. The molecule has 1 aromatic carbocycles. The molecular formula is C15H11ClF2N2O. The van der Waals surface area contributed by atoms with Gasteiger partial charge >= 0.3 is 0 Å². The number of halogens is 3. The molecule has 1 atom stereocenters. The van der Waals surface area contributed by atoms with Crippen LogP contribution in [0.25, 0.3) is 11.0 Å². The summed E-state index contributed by atoms with van der Waals surface area (Å²) in [4.78, 5) is 6.90. The first-order chi connectivity index (χ1) is 9.99. The number of aliphatic hydroxyl groups excluding tert-OH is 1. The Kier molecular flexibility index (Phi) is 3.39. The van der Waals surface area contributed by atoms with E-state index in [0.29, 0.717) is 21.6 Å². The van der Waals surface area contributed by atoms with Gasteiger partial charge in [0.2, 0.25) is 0 Å². The Morgan fingerprint density at radius 1 is 1.33 bits per heavy atom. The van der Waals surface area contributed by atoms with Gasteiger partial charge in [0.1, 0.15) is 23.4 Å². The van der Waals surface area contributed by atoms with Crippen LogP contribution in [0.2, 0.25) is 5.02 Å². The molecule has 0 saturated carbocycles. The Hall–Kier alpha value is -1.98. The van der Waals surface area contributed by atoms with Crippen molar-refractivity contribution < 1.29 is 13.9 Å². The number of nitrogens with one attached hydrogen (secondary N) is 1. The molecule has 0 aliphatic carbocycles. The van der Waals surface area contributed by atoms with Gasteiger partial charge < -0.3 is 10.1 Å². The number of aliphatic hydroxyl groups is 1. The normalized spacial score (nSPS) is 12.8. The van der Waals surface area contributed by atoms with Crippen LogP contribution in [-0.4, -0.2) is 15.1 Å². The Labute approximate surface area is 124 Å². The van der Waals surface area contributed by atoms with E-state index < -0.39 is 17.7 Å². The summed E-state index contributed by atoms with van der Waals surface area (Å²) in [5.74, 6) is -1.55. The van der Waals surface area contributed by atoms with E-state index in [2.05, 4.69) is 9.97 Å². The van der Waals surface area contributed by atoms with Crippen LogP contribution in [0.3, 0.4) is 0 Å². The lowest BCUT2D eigenvalue weighted by Gasteiger charge is -2.13. The number of hydrogen-bond donors (Lipinski definition) is 2. The topological polar surface area (TPSA) is 48.9 Å². The molecule has 0 aliphatic rings. The van der Waals surface area contributed by atoms with Gasteiger partial charge in [-0.3, -0.25) is 0 Å². The second-order valence-corrected chi connectivity index (χ2v) is 5.22. The summed E-state index contributed by atoms with van der Waals surface area (Å²) in [5.41, 5.74) is 0.697. The van der Waals surface area contributed by atoms with Gasteiger partial charge in [0.15, 0.2) is 0 Å². The number of nitrogens with zero attached hydrogens (tertiary/aromatic N) is 1. The Balaban J connectivity index is 2.19. The average Bonchev–Trinajstić information content (AvgIpc) is 2.86. The van der Waals surface area contributed by atoms with E-state index in [9.17, 15) is 13.9 Å². The number of H-pyrrole nitrogens is 1. The van der Waals surface area contributed by atoms with Crippen molar-refractivity contribution in [2.75, 3.05) is 0 Å². The number of aromatic nitrogens is 2. The average molecular weight is 309 g/mol. The predicted octanol–water partition coefficient (Wildman–Crippen LogP) is 3.88. The molecule has 0 amide bonds. The van der Waals surface area contributed by atoms with Crippen molar-refractivity contribution in [2.45, 2.75) is 13.0 Å². The minimum Gasteiger partial charge on any atom is -0.383 e. The number of aromatic amines is 1. The van der Waals surface area contributed by atoms with Crippen molar-refractivity contribution in [3.63, 3.8) is 0 Å². The highest BCUT2D eigenvalue weighted by Gasteiger charge is 2.23. The largest absolute Gasteiger partial charge is 0.383 e. The Morgan fingerprint density at radius 2 is 2.10 bits per heavy atom. The molecular weight excluding hydrogens is 298 g/mol. The molecule has 0 radical (unpaired) electrons. The zero-order valence-corrected chi connectivity index (χ0v) is 11.7. The quantitative estimate of drug-likeness (QED) is 0.754. The predicted molar refractivity (Wildman–Crippen MR) is 76.3 cm³/mol. The summed E-state index contributed by atoms with van der Waals surface area (Å²) in [5, 5.41) is 11.3. The van der Waals surface area contributed by atoms with Gasteiger partial charge in [0.25, 0.3) is 0 Å². The lowest BCUT2D eigenvalue weighted by atomic mass is 9.98. The summed E-state index contributed by atoms with van der Waals surface area (Å²) >= 11 is 5.88. The third kappa shape index (κ3) is 2.28. The van der Waals surface area contributed by atoms with Crippen LogP contribution in [0.15, 0.2) is 30.6 Å². The summed E-state index contributed by atoms with van der Waals surface area (Å²) in [6, 6.07) is 4.05. The number of hydrogen-bond acceptors (Lipinski definition) is 2. The van der Waals surface area contributed by atoms with Crippen LogP contribution < -0.4 is 0 Å². The van der Waals surface area contributed by atoms with Crippen LogP contribution in [0, 0.1) is 18.6 Å². The fourth-order valence-corrected chi connectivity index (χ4v) is 2.47. The molecule has 0 aliphatic heterocycles. The maximum absolute atomic E-state index is 14.1. The van der Waals surface area contributed by atoms with Crippen LogP contribution in [0.5, 0.6) is 0 Å². The van der Waals surface area contributed by atoms with E-state index in [1.807, 2.05) is 0 Å². The Bertz CT molecular complexity index is 832. The van der Waals surface area contributed by atoms with Gasteiger partial charge in [0, 0.05) is 23.3 Å². The number of benzene rings is 1. The second-order valence-electron chi connectivity index (χ2n) is 4.79. The van der Waals surface area contributed by atoms with E-state index in [-0.39, 0.29) is 11.1 Å². The van der Waals surface area contributed by atoms with E-state index in [4.69, 9.17) is 11.6 Å². The molecule has 3 rings (SSSR count). The first-order valence-corrected chi connectivity index (χ1v) is 6.62. The summed E-state index contributed by atoms with van der Waals surface area (Å²) in [6.45, 7) is 1.51. The summed E-state index contributed by atoms with van der Waals surface area (Å²) < 4.78 is 28.0. The summed E-state index contributed by atoms with van der Waals surface area (Å²) in [6.07, 6.45) is 1.48. The minimum atomic E-state index is -1.45. The number of aryl methyl sites for hydroxylation is 1. The molecule has 0 bridgehead atoms. The van der Waals surface area contributed by atoms with Gasteiger partial charge in [-0.2, -0.15) is 0 Å². The highest BCUT2D eigenvalue weighted by Crippen LogP contribution is 2.33. The number of fused-ring (bicyclic) bond motifs is 1. The molecule has 2 aromatic heterocycles. The van der Waals surface area contributed by atoms with E-state index in [1.54, 1.807) is 6.07 Å². The first kappa shape index (κ1) is 14.0. The molecule has 108 valence electrons. The van der Waals surface area contributed by atoms with Gasteiger partial charge in [-0.05, 0) is 24.6 Å². The van der Waals surface area contributed by atoms with E-state index >= 15 is 0 Å². The molecule has 6 heteroatoms. The van der Waals surface area contributed by atoms with Gasteiger partial charge in [-0.15, -0.1) is 0 Å². The lowest BCUT2D eigenvalue weighted by Crippen LogP contribution is -2.06. The minimum absolute atomic E-state index is 0.265. The zero-order chi connectivity index (χ0) is 15.1. The Morgan fingerprint density at radius 3 is 2.86 bits per heavy atom. The van der Waals surface area contributed by atoms with E-state index in [0.717, 1.165) is 6.07 Å². The first-order valence-electron chi connectivity index (χ1n) is 6.24. The fraction of sp³-hybridized carbons (Fsp3) is 0.133. The molecule has 21 heavy (non-hydrogen) atoms. The van der Waals surface area contributed by atoms with Crippen LogP contribution in [-0.2, 0) is 0 Å². The standard InChI is InChI=1S/C15H11ClF2N2O/c1-7-2-3-11(17)12(13(7)18)14(21)10-6-20-15-9(10)4-8(16)5-19-15/h2-6,14,21H,1H3,(H,19,20). The van der Waals surface area contributed by atoms with Crippen LogP contribution in [0.1, 0.15) is 22.8 Å². The monoisotopic (exact) mass is 308 g/mol. The van der Waals surface area contributed by atoms with Gasteiger partial charge in [0.05, 0.1) is 10.6 Å². The highest BCUT2D eigenvalue weighted by atomic mass is 35.5. The molecule has 0 saturated heterocycles. The fourth-order valence-electron chi connectivity index (χ4n) is 2.31. The SMILES string of the molecule is Cc1ccc(F)c(C(O)c2c[nH]c3ncc(Cl)cc23)c1F. The number of rotatable bonds is 2. The van der Waals surface area contributed by atoms with Crippen molar-refractivity contribution in [1.82, 2.24) is 9.97 Å². The maximum Gasteiger partial charge on any atom is 0.137 e. The van der Waals surface area contributed by atoms with Crippen LogP contribution in [0.4, 0.5) is 8.78 Å². The maximum atomic E-state index is 14.1. The molecule has 0 spiro atoms. The van der Waals surface area contributed by atoms with Crippen molar-refractivity contribution in [3.05, 3.63) is 63.9 Å².